The molecule has 0 aliphatic heterocycles. The van der Waals surface area contributed by atoms with Gasteiger partial charge in [-0.3, -0.25) is 0 Å². The van der Waals surface area contributed by atoms with Crippen LogP contribution in [0.5, 0.6) is 5.75 Å². The minimum Gasteiger partial charge on any atom is -0.388 e. The molecule has 0 heterocycles. The zero-order valence-corrected chi connectivity index (χ0v) is 8.89. The van der Waals surface area contributed by atoms with Crippen molar-refractivity contribution in [1.82, 2.24) is 0 Å². The molecule has 0 bridgehead atoms. The lowest BCUT2D eigenvalue weighted by Crippen LogP contribution is -1.92. The third-order valence-electron chi connectivity index (χ3n) is 1.69. The van der Waals surface area contributed by atoms with Crippen molar-refractivity contribution in [3.8, 4) is 12.0 Å². The molecule has 0 atom stereocenters. The summed E-state index contributed by atoms with van der Waals surface area (Å²) in [4.78, 5) is 1.32. The first-order chi connectivity index (χ1) is 6.04. The summed E-state index contributed by atoms with van der Waals surface area (Å²) in [5, 5.41) is 8.28. The van der Waals surface area contributed by atoms with Crippen LogP contribution < -0.4 is 4.74 Å². The molecule has 70 valence electrons. The lowest BCUT2D eigenvalue weighted by atomic mass is 10.3. The van der Waals surface area contributed by atoms with Crippen LogP contribution in [-0.2, 0) is 0 Å². The van der Waals surface area contributed by atoms with Crippen molar-refractivity contribution >= 4 is 10.0 Å². The predicted molar refractivity (Wildman–Crippen MR) is 56.3 cm³/mol. The van der Waals surface area contributed by atoms with E-state index in [1.807, 2.05) is 24.3 Å². The van der Waals surface area contributed by atoms with Crippen LogP contribution in [0.1, 0.15) is 0 Å². The average Bonchev–Trinajstić information content (AvgIpc) is 2.04. The molecule has 3 heteroatoms. The topological polar surface area (TPSA) is 33.0 Å². The molecule has 13 heavy (non-hydrogen) atoms. The number of hydrogen-bond donors (Lipinski definition) is 0. The minimum atomic E-state index is -0.673. The van der Waals surface area contributed by atoms with E-state index in [-0.39, 0.29) is 0 Å². The Kier molecular flexibility index (Phi) is 2.84. The quantitative estimate of drug-likeness (QED) is 0.679. The third-order valence-corrected chi connectivity index (χ3v) is 3.38. The molecule has 0 aliphatic rings. The summed E-state index contributed by atoms with van der Waals surface area (Å²) in [7, 11) is -0.673. The molecule has 2 nitrogen and oxygen atoms in total. The highest BCUT2D eigenvalue weighted by Crippen LogP contribution is 2.45. The van der Waals surface area contributed by atoms with Gasteiger partial charge in [0, 0.05) is 0 Å². The van der Waals surface area contributed by atoms with Crippen molar-refractivity contribution < 1.29 is 4.74 Å². The number of benzene rings is 1. The number of nitriles is 1. The molecule has 0 radical (unpaired) electrons. The number of nitrogens with zero attached hydrogens (tertiary/aromatic N) is 1. The van der Waals surface area contributed by atoms with Crippen LogP contribution in [0.4, 0.5) is 0 Å². The Hall–Kier alpha value is -1.14. The standard InChI is InChI=1S/C10H13NOS/c1-13(2,3)10-6-4-9(5-7-10)12-8-11/h4-7H,1-3H3. The van der Waals surface area contributed by atoms with Crippen LogP contribution in [0.25, 0.3) is 0 Å². The van der Waals surface area contributed by atoms with E-state index >= 15 is 0 Å². The predicted octanol–water partition coefficient (Wildman–Crippen LogP) is 2.60. The second-order valence-electron chi connectivity index (χ2n) is 3.50. The van der Waals surface area contributed by atoms with Crippen LogP contribution in [0, 0.1) is 11.5 Å². The van der Waals surface area contributed by atoms with E-state index in [1.165, 1.54) is 4.90 Å². The van der Waals surface area contributed by atoms with E-state index in [0.29, 0.717) is 5.75 Å². The molecule has 0 saturated carbocycles. The molecule has 0 fully saturated rings. The summed E-state index contributed by atoms with van der Waals surface area (Å²) in [5.41, 5.74) is 0. The lowest BCUT2D eigenvalue weighted by Gasteiger charge is -2.25. The van der Waals surface area contributed by atoms with Crippen molar-refractivity contribution in [3.05, 3.63) is 24.3 Å². The molecule has 0 aromatic heterocycles. The fraction of sp³-hybridized carbons (Fsp3) is 0.300. The maximum Gasteiger partial charge on any atom is 0.292 e. The van der Waals surface area contributed by atoms with Gasteiger partial charge < -0.3 is 4.74 Å². The molecular formula is C10H13NOS. The highest BCUT2D eigenvalue weighted by molar-refractivity contribution is 8.32. The van der Waals surface area contributed by atoms with E-state index in [0.717, 1.165) is 0 Å². The maximum atomic E-state index is 8.28. The minimum absolute atomic E-state index is 0.606. The second kappa shape index (κ2) is 3.71. The smallest absolute Gasteiger partial charge is 0.292 e. The molecule has 0 saturated heterocycles. The molecule has 0 amide bonds. The number of ether oxygens (including phenoxy) is 1. The fourth-order valence-corrected chi connectivity index (χ4v) is 1.92. The normalized spacial score (nSPS) is 11.8. The van der Waals surface area contributed by atoms with Crippen molar-refractivity contribution in [3.63, 3.8) is 0 Å². The molecule has 0 spiro atoms. The molecule has 1 aromatic rings. The Balaban J connectivity index is 2.89. The maximum absolute atomic E-state index is 8.28. The summed E-state index contributed by atoms with van der Waals surface area (Å²) in [6.07, 6.45) is 8.34. The summed E-state index contributed by atoms with van der Waals surface area (Å²) in [6, 6.07) is 7.69. The highest BCUT2D eigenvalue weighted by atomic mass is 32.3. The van der Waals surface area contributed by atoms with Gasteiger partial charge in [-0.05, 0) is 47.9 Å². The van der Waals surface area contributed by atoms with Gasteiger partial charge in [0.05, 0.1) is 0 Å². The van der Waals surface area contributed by atoms with Gasteiger partial charge in [0.15, 0.2) is 0 Å². The van der Waals surface area contributed by atoms with Gasteiger partial charge in [0.1, 0.15) is 5.75 Å². The van der Waals surface area contributed by atoms with Gasteiger partial charge in [0.2, 0.25) is 0 Å². The van der Waals surface area contributed by atoms with Crippen LogP contribution in [0.15, 0.2) is 29.2 Å². The zero-order valence-electron chi connectivity index (χ0n) is 8.07. The van der Waals surface area contributed by atoms with E-state index in [2.05, 4.69) is 23.5 Å². The van der Waals surface area contributed by atoms with Gasteiger partial charge in [-0.25, -0.2) is 10.0 Å². The Morgan fingerprint density at radius 1 is 1.15 bits per heavy atom. The van der Waals surface area contributed by atoms with Gasteiger partial charge >= 0.3 is 0 Å². The first-order valence-electron chi connectivity index (χ1n) is 3.88. The SMILES string of the molecule is CS(C)(C)c1ccc(OC#N)cc1. The first-order valence-corrected chi connectivity index (χ1v) is 6.74. The van der Waals surface area contributed by atoms with E-state index in [1.54, 1.807) is 6.26 Å². The molecule has 0 N–H and O–H groups in total. The van der Waals surface area contributed by atoms with Crippen molar-refractivity contribution in [2.45, 2.75) is 4.90 Å². The van der Waals surface area contributed by atoms with Crippen LogP contribution in [0.2, 0.25) is 0 Å². The Bertz CT molecular complexity index is 318. The number of rotatable bonds is 2. The van der Waals surface area contributed by atoms with Crippen molar-refractivity contribution in [2.75, 3.05) is 18.8 Å². The third kappa shape index (κ3) is 2.67. The summed E-state index contributed by atoms with van der Waals surface area (Å²) < 4.78 is 4.69. The Morgan fingerprint density at radius 2 is 1.69 bits per heavy atom. The first kappa shape index (κ1) is 9.94. The van der Waals surface area contributed by atoms with Crippen LogP contribution >= 0.6 is 10.0 Å². The average molecular weight is 195 g/mol. The zero-order chi connectivity index (χ0) is 9.90. The van der Waals surface area contributed by atoms with E-state index in [4.69, 9.17) is 5.26 Å². The Morgan fingerprint density at radius 3 is 2.08 bits per heavy atom. The van der Waals surface area contributed by atoms with Gasteiger partial charge in [-0.1, -0.05) is 0 Å². The highest BCUT2D eigenvalue weighted by Gasteiger charge is 2.07. The van der Waals surface area contributed by atoms with Gasteiger partial charge in [-0.15, -0.1) is 5.26 Å². The van der Waals surface area contributed by atoms with E-state index < -0.39 is 10.0 Å². The summed E-state index contributed by atoms with van der Waals surface area (Å²) in [6.45, 7) is 0. The summed E-state index contributed by atoms with van der Waals surface area (Å²) in [5.74, 6) is 0.606. The fourth-order valence-electron chi connectivity index (χ4n) is 0.969. The Labute approximate surface area is 80.5 Å². The van der Waals surface area contributed by atoms with Crippen molar-refractivity contribution in [1.29, 1.82) is 5.26 Å². The molecule has 0 aliphatic carbocycles. The van der Waals surface area contributed by atoms with E-state index in [9.17, 15) is 0 Å². The summed E-state index contributed by atoms with van der Waals surface area (Å²) >= 11 is 0. The molecular weight excluding hydrogens is 182 g/mol. The lowest BCUT2D eigenvalue weighted by molar-refractivity contribution is 0.507. The number of hydrogen-bond acceptors (Lipinski definition) is 2. The van der Waals surface area contributed by atoms with Crippen LogP contribution in [0.3, 0.4) is 0 Å². The van der Waals surface area contributed by atoms with Crippen molar-refractivity contribution in [2.24, 2.45) is 0 Å². The van der Waals surface area contributed by atoms with Gasteiger partial charge in [0.25, 0.3) is 6.26 Å². The van der Waals surface area contributed by atoms with Crippen LogP contribution in [-0.4, -0.2) is 18.8 Å². The molecule has 1 aromatic carbocycles. The monoisotopic (exact) mass is 195 g/mol. The van der Waals surface area contributed by atoms with Gasteiger partial charge in [-0.2, -0.15) is 0 Å². The molecule has 0 unspecified atom stereocenters. The molecule has 1 rings (SSSR count). The largest absolute Gasteiger partial charge is 0.388 e. The second-order valence-corrected chi connectivity index (χ2v) is 7.65.